The van der Waals surface area contributed by atoms with Gasteiger partial charge in [-0.05, 0) is 61.9 Å². The van der Waals surface area contributed by atoms with Crippen LogP contribution in [-0.2, 0) is 12.8 Å². The number of anilines is 2. The molecule has 14 nitrogen and oxygen atoms in total. The predicted molar refractivity (Wildman–Crippen MR) is 185 cm³/mol. The van der Waals surface area contributed by atoms with Crippen LogP contribution in [0.1, 0.15) is 47.3 Å². The van der Waals surface area contributed by atoms with Gasteiger partial charge in [-0.1, -0.05) is 54.1 Å². The lowest BCUT2D eigenvalue weighted by molar-refractivity contribution is -0.0408. The predicted octanol–water partition coefficient (Wildman–Crippen LogP) is 1.35. The molecule has 15 heteroatoms. The van der Waals surface area contributed by atoms with Gasteiger partial charge in [0.05, 0.1) is 18.8 Å². The molecule has 0 unspecified atom stereocenters. The fourth-order valence-electron chi connectivity index (χ4n) is 4.91. The van der Waals surface area contributed by atoms with Crippen molar-refractivity contribution >= 4 is 35.1 Å². The smallest absolute Gasteiger partial charge is 0.280 e. The zero-order valence-electron chi connectivity index (χ0n) is 26.9. The molecule has 3 aromatic rings. The molecule has 1 heterocycles. The summed E-state index contributed by atoms with van der Waals surface area (Å²) in [6.45, 7) is 1.88. The number of aliphatic hydroxyl groups is 4. The Morgan fingerprint density at radius 3 is 2.31 bits per heavy atom. The first-order chi connectivity index (χ1) is 23.0. The van der Waals surface area contributed by atoms with Crippen LogP contribution in [0.4, 0.5) is 11.6 Å². The van der Waals surface area contributed by atoms with Crippen LogP contribution < -0.4 is 26.8 Å². The number of carbonyl (C=O) groups is 1. The number of guanidine groups is 1. The zero-order chi connectivity index (χ0) is 34.9. The molecule has 0 aliphatic heterocycles. The maximum absolute atomic E-state index is 12.3. The fraction of sp³-hybridized carbons (Fsp3) is 0.455. The summed E-state index contributed by atoms with van der Waals surface area (Å²) in [5, 5.41) is 52.3. The van der Waals surface area contributed by atoms with E-state index < -0.39 is 30.8 Å². The average Bonchev–Trinajstić information content (AvgIpc) is 3.06. The molecule has 1 aromatic heterocycles. The molecule has 0 bridgehead atoms. The van der Waals surface area contributed by atoms with Gasteiger partial charge in [0.15, 0.2) is 28.4 Å². The molecule has 0 aliphatic rings. The Morgan fingerprint density at radius 1 is 0.917 bits per heavy atom. The van der Waals surface area contributed by atoms with Gasteiger partial charge in [-0.25, -0.2) is 9.97 Å². The van der Waals surface area contributed by atoms with Gasteiger partial charge in [0, 0.05) is 26.1 Å². The number of ether oxygens (including phenoxy) is 1. The number of halogens is 1. The minimum absolute atomic E-state index is 0.0419. The molecule has 0 radical (unpaired) electrons. The van der Waals surface area contributed by atoms with Gasteiger partial charge in [-0.3, -0.25) is 20.4 Å². The normalized spacial score (nSPS) is 13.1. The lowest BCUT2D eigenvalue weighted by Crippen LogP contribution is -2.41. The molecule has 0 aliphatic carbocycles. The van der Waals surface area contributed by atoms with Gasteiger partial charge >= 0.3 is 0 Å². The topological polar surface area (TPSA) is 236 Å². The van der Waals surface area contributed by atoms with Crippen molar-refractivity contribution in [3.05, 3.63) is 76.6 Å². The van der Waals surface area contributed by atoms with Gasteiger partial charge in [0.25, 0.3) is 5.91 Å². The van der Waals surface area contributed by atoms with Gasteiger partial charge in [-0.15, -0.1) is 0 Å². The summed E-state index contributed by atoms with van der Waals surface area (Å²) in [6, 6.07) is 18.0. The number of benzene rings is 2. The molecule has 11 N–H and O–H groups in total. The molecule has 3 rings (SSSR count). The first-order valence-corrected chi connectivity index (χ1v) is 16.3. The number of hydrogen-bond donors (Lipinski definition) is 9. The number of hydrogen-bond acceptors (Lipinski definition) is 12. The van der Waals surface area contributed by atoms with Crippen LogP contribution in [0.2, 0.25) is 5.15 Å². The van der Waals surface area contributed by atoms with Crippen molar-refractivity contribution in [2.45, 2.75) is 56.8 Å². The van der Waals surface area contributed by atoms with E-state index in [4.69, 9.17) is 38.3 Å². The minimum Gasteiger partial charge on any atom is -0.492 e. The SMILES string of the molecule is N=C(NCCCCc1ccc(OCCN(CCCc2ccccc2)C[C@H](O)C[C@H](O)[C@H](O)CO)cc1)NC(=O)c1nc(Cl)c(N)nc1N. The van der Waals surface area contributed by atoms with Crippen LogP contribution in [0.25, 0.3) is 0 Å². The molecule has 0 saturated heterocycles. The summed E-state index contributed by atoms with van der Waals surface area (Å²) in [5.74, 6) is -0.454. The lowest BCUT2D eigenvalue weighted by Gasteiger charge is -2.27. The summed E-state index contributed by atoms with van der Waals surface area (Å²) in [4.78, 5) is 22.0. The monoisotopic (exact) mass is 686 g/mol. The molecule has 0 spiro atoms. The highest BCUT2D eigenvalue weighted by Gasteiger charge is 2.21. The van der Waals surface area contributed by atoms with Gasteiger partial charge < -0.3 is 41.9 Å². The van der Waals surface area contributed by atoms with E-state index in [1.54, 1.807) is 0 Å². The first-order valence-electron chi connectivity index (χ1n) is 15.9. The molecule has 0 fully saturated rings. The number of aliphatic hydroxyl groups excluding tert-OH is 4. The minimum atomic E-state index is -1.29. The quantitative estimate of drug-likeness (QED) is 0.0465. The van der Waals surface area contributed by atoms with Crippen molar-refractivity contribution in [1.82, 2.24) is 25.5 Å². The molecule has 262 valence electrons. The molecular formula is C33H47ClN8O6. The third-order valence-electron chi connectivity index (χ3n) is 7.55. The van der Waals surface area contributed by atoms with Crippen LogP contribution in [0.3, 0.4) is 0 Å². The molecular weight excluding hydrogens is 640 g/mol. The third kappa shape index (κ3) is 13.6. The van der Waals surface area contributed by atoms with E-state index in [-0.39, 0.29) is 34.9 Å². The fourth-order valence-corrected chi connectivity index (χ4v) is 5.04. The van der Waals surface area contributed by atoms with Crippen molar-refractivity contribution in [3.8, 4) is 5.75 Å². The van der Waals surface area contributed by atoms with Crippen molar-refractivity contribution in [2.24, 2.45) is 0 Å². The Balaban J connectivity index is 1.37. The number of rotatable bonds is 20. The van der Waals surface area contributed by atoms with Crippen LogP contribution in [0, 0.1) is 5.41 Å². The highest BCUT2D eigenvalue weighted by molar-refractivity contribution is 6.31. The summed E-state index contributed by atoms with van der Waals surface area (Å²) in [6.07, 6.45) is 0.785. The van der Waals surface area contributed by atoms with Crippen molar-refractivity contribution in [1.29, 1.82) is 5.41 Å². The van der Waals surface area contributed by atoms with Crippen molar-refractivity contribution < 1.29 is 30.0 Å². The van der Waals surface area contributed by atoms with Crippen LogP contribution >= 0.6 is 11.6 Å². The molecule has 0 saturated carbocycles. The van der Waals surface area contributed by atoms with Crippen LogP contribution in [-0.4, -0.2) is 105 Å². The molecule has 2 aromatic carbocycles. The van der Waals surface area contributed by atoms with Gasteiger partial charge in [-0.2, -0.15) is 0 Å². The number of aryl methyl sites for hydroxylation is 2. The van der Waals surface area contributed by atoms with Gasteiger partial charge in [0.1, 0.15) is 18.5 Å². The van der Waals surface area contributed by atoms with E-state index in [9.17, 15) is 20.1 Å². The largest absolute Gasteiger partial charge is 0.492 e. The Kier molecular flexibility index (Phi) is 16.3. The Hall–Kier alpha value is -4.05. The van der Waals surface area contributed by atoms with E-state index in [2.05, 4.69) is 37.6 Å². The Labute approximate surface area is 285 Å². The third-order valence-corrected chi connectivity index (χ3v) is 7.83. The first kappa shape index (κ1) is 38.4. The van der Waals surface area contributed by atoms with E-state index in [0.717, 1.165) is 43.4 Å². The number of amides is 1. The number of nitrogen functional groups attached to an aromatic ring is 2. The van der Waals surface area contributed by atoms with Crippen molar-refractivity contribution in [3.63, 3.8) is 0 Å². The highest BCUT2D eigenvalue weighted by atomic mass is 35.5. The van der Waals surface area contributed by atoms with E-state index >= 15 is 0 Å². The lowest BCUT2D eigenvalue weighted by atomic mass is 10.1. The second kappa shape index (κ2) is 20.3. The average molecular weight is 687 g/mol. The van der Waals surface area contributed by atoms with E-state index in [1.165, 1.54) is 5.56 Å². The van der Waals surface area contributed by atoms with Gasteiger partial charge in [0.2, 0.25) is 0 Å². The second-order valence-electron chi connectivity index (χ2n) is 11.4. The summed E-state index contributed by atoms with van der Waals surface area (Å²) < 4.78 is 5.98. The second-order valence-corrected chi connectivity index (χ2v) is 11.8. The number of carbonyl (C=O) groups excluding carboxylic acids is 1. The molecule has 1 amide bonds. The summed E-state index contributed by atoms with van der Waals surface area (Å²) in [5.41, 5.74) is 13.4. The number of aromatic nitrogens is 2. The zero-order valence-corrected chi connectivity index (χ0v) is 27.6. The summed E-state index contributed by atoms with van der Waals surface area (Å²) >= 11 is 5.81. The van der Waals surface area contributed by atoms with Crippen LogP contribution in [0.15, 0.2) is 54.6 Å². The Bertz CT molecular complexity index is 1420. The number of nitrogens with one attached hydrogen (secondary N) is 3. The Morgan fingerprint density at radius 2 is 1.60 bits per heavy atom. The molecule has 48 heavy (non-hydrogen) atoms. The standard InChI is InChI=1S/C33H47ClN8O6/c34-29-31(36)40-30(35)28(39-29)32(47)41-33(37)38-15-5-4-9-23-11-13-25(14-12-23)48-18-17-42(16-6-10-22-7-2-1-3-8-22)20-24(44)19-26(45)27(46)21-43/h1-3,7-8,11-14,24,26-27,43-46H,4-6,9-10,15-21H2,(H4,35,36,40)(H3,37,38,41,47)/t24-,26+,27-/m1/s1. The van der Waals surface area contributed by atoms with E-state index in [1.807, 2.05) is 42.5 Å². The highest BCUT2D eigenvalue weighted by Crippen LogP contribution is 2.17. The summed E-state index contributed by atoms with van der Waals surface area (Å²) in [7, 11) is 0. The van der Waals surface area contributed by atoms with Crippen LogP contribution in [0.5, 0.6) is 5.75 Å². The maximum atomic E-state index is 12.3. The number of nitrogens with zero attached hydrogens (tertiary/aromatic N) is 3. The number of nitrogens with two attached hydrogens (primary N) is 2. The van der Waals surface area contributed by atoms with E-state index in [0.29, 0.717) is 32.8 Å². The maximum Gasteiger partial charge on any atom is 0.280 e. The molecule has 3 atom stereocenters. The number of unbranched alkanes of at least 4 members (excludes halogenated alkanes) is 1. The van der Waals surface area contributed by atoms with Crippen molar-refractivity contribution in [2.75, 3.05) is 50.9 Å².